The SMILES string of the molecule is CC(C)=CCCC(C)(O)C1CCC2C3CC=C4CC(O)CCC4(C)C3CCC21N. The lowest BCUT2D eigenvalue weighted by molar-refractivity contribution is -0.0724. The average Bonchev–Trinajstić information content (AvgIpc) is 3.00. The van der Waals surface area contributed by atoms with Crippen LogP contribution in [0.15, 0.2) is 23.3 Å². The number of nitrogens with two attached hydrogens (primary N) is 1. The van der Waals surface area contributed by atoms with Crippen molar-refractivity contribution in [2.45, 2.75) is 109 Å². The molecular formula is C26H43NO2. The minimum atomic E-state index is -0.684. The third kappa shape index (κ3) is 3.55. The Labute approximate surface area is 177 Å². The molecule has 0 aromatic heterocycles. The molecule has 3 nitrogen and oxygen atoms in total. The third-order valence-electron chi connectivity index (χ3n) is 9.62. The van der Waals surface area contributed by atoms with E-state index in [0.29, 0.717) is 17.8 Å². The van der Waals surface area contributed by atoms with E-state index in [0.717, 1.165) is 51.4 Å². The standard InChI is InChI=1S/C26H43NO2/c1-17(2)6-5-13-25(4,29)23-10-9-22-20-8-7-18-16-19(28)11-14-24(18,3)21(20)12-15-26(22,23)27/h6-7,19-23,28-29H,5,8-16,27H2,1-4H3. The Balaban J connectivity index is 1.55. The van der Waals surface area contributed by atoms with Crippen molar-refractivity contribution >= 4 is 0 Å². The summed E-state index contributed by atoms with van der Waals surface area (Å²) in [5.74, 6) is 2.09. The summed E-state index contributed by atoms with van der Waals surface area (Å²) in [6, 6.07) is 0. The van der Waals surface area contributed by atoms with Gasteiger partial charge in [0, 0.05) is 11.5 Å². The molecule has 8 unspecified atom stereocenters. The molecule has 0 saturated heterocycles. The molecule has 3 heteroatoms. The summed E-state index contributed by atoms with van der Waals surface area (Å²) < 4.78 is 0. The second-order valence-corrected chi connectivity index (χ2v) is 11.6. The fourth-order valence-corrected chi connectivity index (χ4v) is 8.09. The largest absolute Gasteiger partial charge is 0.393 e. The number of rotatable bonds is 4. The number of aliphatic hydroxyl groups excluding tert-OH is 1. The molecule has 0 aromatic rings. The summed E-state index contributed by atoms with van der Waals surface area (Å²) in [6.45, 7) is 8.76. The van der Waals surface area contributed by atoms with Crippen LogP contribution in [0, 0.1) is 29.1 Å². The first-order valence-electron chi connectivity index (χ1n) is 12.1. The molecule has 0 heterocycles. The average molecular weight is 402 g/mol. The van der Waals surface area contributed by atoms with Crippen molar-refractivity contribution in [3.63, 3.8) is 0 Å². The first kappa shape index (κ1) is 21.6. The van der Waals surface area contributed by atoms with Crippen LogP contribution >= 0.6 is 0 Å². The van der Waals surface area contributed by atoms with Crippen LogP contribution in [0.25, 0.3) is 0 Å². The number of hydrogen-bond donors (Lipinski definition) is 3. The van der Waals surface area contributed by atoms with Crippen LogP contribution < -0.4 is 5.73 Å². The van der Waals surface area contributed by atoms with Crippen molar-refractivity contribution in [2.75, 3.05) is 0 Å². The highest BCUT2D eigenvalue weighted by atomic mass is 16.3. The van der Waals surface area contributed by atoms with Gasteiger partial charge in [0.15, 0.2) is 0 Å². The maximum atomic E-state index is 11.4. The van der Waals surface area contributed by atoms with Gasteiger partial charge in [0.05, 0.1) is 11.7 Å². The molecule has 4 rings (SSSR count). The minimum Gasteiger partial charge on any atom is -0.393 e. The Morgan fingerprint density at radius 1 is 1.21 bits per heavy atom. The topological polar surface area (TPSA) is 66.5 Å². The summed E-state index contributed by atoms with van der Waals surface area (Å²) in [4.78, 5) is 0. The van der Waals surface area contributed by atoms with Crippen LogP contribution in [0.1, 0.15) is 91.9 Å². The van der Waals surface area contributed by atoms with Crippen LogP contribution in [-0.2, 0) is 0 Å². The first-order chi connectivity index (χ1) is 13.6. The van der Waals surface area contributed by atoms with Crippen molar-refractivity contribution < 1.29 is 10.2 Å². The Morgan fingerprint density at radius 2 is 1.97 bits per heavy atom. The zero-order chi connectivity index (χ0) is 21.0. The molecule has 4 N–H and O–H groups in total. The molecular weight excluding hydrogens is 358 g/mol. The van der Waals surface area contributed by atoms with E-state index in [9.17, 15) is 10.2 Å². The Bertz CT molecular complexity index is 691. The van der Waals surface area contributed by atoms with Gasteiger partial charge in [-0.05, 0) is 108 Å². The second-order valence-electron chi connectivity index (χ2n) is 11.6. The van der Waals surface area contributed by atoms with E-state index in [1.165, 1.54) is 24.0 Å². The summed E-state index contributed by atoms with van der Waals surface area (Å²) in [7, 11) is 0. The summed E-state index contributed by atoms with van der Waals surface area (Å²) in [5.41, 5.74) is 9.43. The highest BCUT2D eigenvalue weighted by Crippen LogP contribution is 2.63. The highest BCUT2D eigenvalue weighted by molar-refractivity contribution is 5.26. The molecule has 0 spiro atoms. The molecule has 4 aliphatic carbocycles. The lowest BCUT2D eigenvalue weighted by Crippen LogP contribution is -2.62. The van der Waals surface area contributed by atoms with Gasteiger partial charge in [-0.2, -0.15) is 0 Å². The molecule has 0 aliphatic heterocycles. The number of allylic oxidation sites excluding steroid dienone is 3. The van der Waals surface area contributed by atoms with Gasteiger partial charge in [0.25, 0.3) is 0 Å². The minimum absolute atomic E-state index is 0.144. The number of hydrogen-bond acceptors (Lipinski definition) is 3. The maximum Gasteiger partial charge on any atom is 0.0668 e. The van der Waals surface area contributed by atoms with Crippen molar-refractivity contribution in [1.29, 1.82) is 0 Å². The van der Waals surface area contributed by atoms with E-state index < -0.39 is 5.60 Å². The van der Waals surface area contributed by atoms with Crippen LogP contribution in [0.2, 0.25) is 0 Å². The maximum absolute atomic E-state index is 11.4. The highest BCUT2D eigenvalue weighted by Gasteiger charge is 2.61. The molecule has 29 heavy (non-hydrogen) atoms. The summed E-state index contributed by atoms with van der Waals surface area (Å²) in [5, 5.41) is 21.6. The zero-order valence-electron chi connectivity index (χ0n) is 19.1. The number of aliphatic hydroxyl groups is 2. The van der Waals surface area contributed by atoms with Crippen molar-refractivity contribution in [1.82, 2.24) is 0 Å². The summed E-state index contributed by atoms with van der Waals surface area (Å²) in [6.07, 6.45) is 14.8. The van der Waals surface area contributed by atoms with Gasteiger partial charge < -0.3 is 15.9 Å². The molecule has 4 aliphatic rings. The molecule has 3 fully saturated rings. The molecule has 0 aromatic carbocycles. The van der Waals surface area contributed by atoms with E-state index in [1.807, 2.05) is 6.92 Å². The van der Waals surface area contributed by atoms with Gasteiger partial charge in [-0.3, -0.25) is 0 Å². The van der Waals surface area contributed by atoms with Crippen LogP contribution in [0.4, 0.5) is 0 Å². The lowest BCUT2D eigenvalue weighted by atomic mass is 9.48. The number of fused-ring (bicyclic) bond motifs is 5. The van der Waals surface area contributed by atoms with E-state index in [2.05, 4.69) is 32.9 Å². The second kappa shape index (κ2) is 7.50. The molecule has 8 atom stereocenters. The van der Waals surface area contributed by atoms with Crippen molar-refractivity contribution in [3.05, 3.63) is 23.3 Å². The summed E-state index contributed by atoms with van der Waals surface area (Å²) >= 11 is 0. The van der Waals surface area contributed by atoms with Crippen molar-refractivity contribution in [2.24, 2.45) is 34.8 Å². The fraction of sp³-hybridized carbons (Fsp3) is 0.846. The predicted molar refractivity (Wildman–Crippen MR) is 119 cm³/mol. The van der Waals surface area contributed by atoms with Gasteiger partial charge in [0.2, 0.25) is 0 Å². The monoisotopic (exact) mass is 401 g/mol. The Morgan fingerprint density at radius 3 is 2.69 bits per heavy atom. The van der Waals surface area contributed by atoms with Gasteiger partial charge in [-0.1, -0.05) is 30.2 Å². The Hall–Kier alpha value is -0.640. The lowest BCUT2D eigenvalue weighted by Gasteiger charge is -2.58. The molecule has 0 amide bonds. The van der Waals surface area contributed by atoms with Gasteiger partial charge in [-0.15, -0.1) is 0 Å². The predicted octanol–water partition coefficient (Wildman–Crippen LogP) is 5.11. The van der Waals surface area contributed by atoms with E-state index in [4.69, 9.17) is 5.73 Å². The van der Waals surface area contributed by atoms with E-state index in [1.54, 1.807) is 0 Å². The smallest absolute Gasteiger partial charge is 0.0668 e. The third-order valence-corrected chi connectivity index (χ3v) is 9.62. The van der Waals surface area contributed by atoms with Gasteiger partial charge >= 0.3 is 0 Å². The quantitative estimate of drug-likeness (QED) is 0.573. The van der Waals surface area contributed by atoms with E-state index in [-0.39, 0.29) is 23.0 Å². The first-order valence-corrected chi connectivity index (χ1v) is 12.1. The van der Waals surface area contributed by atoms with E-state index >= 15 is 0 Å². The normalized spacial score (nSPS) is 46.0. The molecule has 3 saturated carbocycles. The van der Waals surface area contributed by atoms with Gasteiger partial charge in [0.1, 0.15) is 0 Å². The zero-order valence-corrected chi connectivity index (χ0v) is 19.1. The van der Waals surface area contributed by atoms with Crippen LogP contribution in [0.5, 0.6) is 0 Å². The van der Waals surface area contributed by atoms with Crippen LogP contribution in [0.3, 0.4) is 0 Å². The van der Waals surface area contributed by atoms with Crippen LogP contribution in [-0.4, -0.2) is 27.5 Å². The molecule has 0 radical (unpaired) electrons. The Kier molecular flexibility index (Phi) is 5.58. The molecule has 0 bridgehead atoms. The van der Waals surface area contributed by atoms with Gasteiger partial charge in [-0.25, -0.2) is 0 Å². The molecule has 164 valence electrons. The fourth-order valence-electron chi connectivity index (χ4n) is 8.09. The van der Waals surface area contributed by atoms with Crippen molar-refractivity contribution in [3.8, 4) is 0 Å².